The van der Waals surface area contributed by atoms with Crippen molar-refractivity contribution in [3.8, 4) is 0 Å². The normalized spacial score (nSPS) is 18.9. The number of thioether (sulfide) groups is 1. The van der Waals surface area contributed by atoms with Crippen molar-refractivity contribution in [2.75, 3.05) is 0 Å². The lowest BCUT2D eigenvalue weighted by Gasteiger charge is -2.28. The molecule has 28 heavy (non-hydrogen) atoms. The van der Waals surface area contributed by atoms with Crippen molar-refractivity contribution in [1.29, 1.82) is 0 Å². The summed E-state index contributed by atoms with van der Waals surface area (Å²) in [7, 11) is 0. The zero-order chi connectivity index (χ0) is 19.8. The second kappa shape index (κ2) is 10.3. The average molecular weight is 419 g/mol. The molecular weight excluding hydrogens is 396 g/mol. The first kappa shape index (κ1) is 20.5. The Hall–Kier alpha value is -2.25. The number of carbonyl (C=O) groups is 2. The highest BCUT2D eigenvalue weighted by atomic mass is 35.5. The van der Waals surface area contributed by atoms with Crippen LogP contribution in [0.4, 0.5) is 4.79 Å². The summed E-state index contributed by atoms with van der Waals surface area (Å²) in [6.07, 6.45) is 7.35. The number of hydrogen-bond donors (Lipinski definition) is 3. The van der Waals surface area contributed by atoms with E-state index >= 15 is 0 Å². The van der Waals surface area contributed by atoms with Crippen molar-refractivity contribution >= 4 is 35.3 Å². The van der Waals surface area contributed by atoms with Gasteiger partial charge in [0.25, 0.3) is 0 Å². The molecule has 2 aromatic rings. The molecule has 0 atom stereocenters. The summed E-state index contributed by atoms with van der Waals surface area (Å²) in [5.41, 5.74) is 5.63. The summed E-state index contributed by atoms with van der Waals surface area (Å²) in [6.45, 7) is 0. The van der Waals surface area contributed by atoms with Crippen molar-refractivity contribution in [2.24, 2.45) is 0 Å². The lowest BCUT2D eigenvalue weighted by molar-refractivity contribution is -0.121. The van der Waals surface area contributed by atoms with Gasteiger partial charge in [0.1, 0.15) is 0 Å². The van der Waals surface area contributed by atoms with Crippen LogP contribution in [-0.4, -0.2) is 28.2 Å². The molecule has 8 heteroatoms. The lowest BCUT2D eigenvalue weighted by Crippen LogP contribution is -2.50. The van der Waals surface area contributed by atoms with Crippen LogP contribution in [-0.2, 0) is 11.2 Å². The summed E-state index contributed by atoms with van der Waals surface area (Å²) < 4.78 is 0. The molecule has 1 aliphatic carbocycles. The molecule has 1 aliphatic rings. The molecule has 1 aromatic heterocycles. The standard InChI is InChI=1S/C20H23ClN4O2S/c21-15-3-7-17(8-4-15)28-18-9-5-16(6-10-18)23-20(27)25-24-19(26)12-14-2-1-11-22-13-14/h1-4,7-8,11,13,16,18H,5-6,9-10,12H2,(H,24,26)(H2,23,25,27). The molecule has 1 fully saturated rings. The summed E-state index contributed by atoms with van der Waals surface area (Å²) in [5, 5.41) is 4.22. The fraction of sp³-hybridized carbons (Fsp3) is 0.350. The molecule has 6 nitrogen and oxygen atoms in total. The average Bonchev–Trinajstić information content (AvgIpc) is 2.70. The number of rotatable bonds is 5. The number of benzene rings is 1. The molecule has 1 aromatic carbocycles. The number of aromatic nitrogens is 1. The Labute approximate surface area is 173 Å². The zero-order valence-electron chi connectivity index (χ0n) is 15.4. The predicted molar refractivity (Wildman–Crippen MR) is 111 cm³/mol. The van der Waals surface area contributed by atoms with Crippen LogP contribution in [0.5, 0.6) is 0 Å². The molecule has 1 saturated carbocycles. The smallest absolute Gasteiger partial charge is 0.333 e. The highest BCUT2D eigenvalue weighted by molar-refractivity contribution is 8.00. The summed E-state index contributed by atoms with van der Waals surface area (Å²) in [6, 6.07) is 11.2. The van der Waals surface area contributed by atoms with E-state index in [0.717, 1.165) is 36.3 Å². The Morgan fingerprint density at radius 1 is 1.07 bits per heavy atom. The SMILES string of the molecule is O=C(Cc1cccnc1)NNC(=O)NC1CCC(Sc2ccc(Cl)cc2)CC1. The zero-order valence-corrected chi connectivity index (χ0v) is 16.9. The first-order chi connectivity index (χ1) is 13.6. The molecule has 148 valence electrons. The van der Waals surface area contributed by atoms with E-state index in [4.69, 9.17) is 11.6 Å². The van der Waals surface area contributed by atoms with E-state index in [-0.39, 0.29) is 24.4 Å². The fourth-order valence-corrected chi connectivity index (χ4v) is 4.42. The maximum atomic E-state index is 12.0. The van der Waals surface area contributed by atoms with Crippen molar-refractivity contribution < 1.29 is 9.59 Å². The van der Waals surface area contributed by atoms with E-state index in [0.29, 0.717) is 5.25 Å². The topological polar surface area (TPSA) is 83.1 Å². The van der Waals surface area contributed by atoms with Gasteiger partial charge >= 0.3 is 6.03 Å². The minimum absolute atomic E-state index is 0.122. The predicted octanol–water partition coefficient (Wildman–Crippen LogP) is 3.71. The van der Waals surface area contributed by atoms with Gasteiger partial charge < -0.3 is 5.32 Å². The Balaban J connectivity index is 1.33. The second-order valence-corrected chi connectivity index (χ2v) is 8.54. The van der Waals surface area contributed by atoms with Gasteiger partial charge in [-0.3, -0.25) is 15.2 Å². The summed E-state index contributed by atoms with van der Waals surface area (Å²) in [4.78, 5) is 29.0. The van der Waals surface area contributed by atoms with Crippen LogP contribution in [0.25, 0.3) is 0 Å². The van der Waals surface area contributed by atoms with Crippen LogP contribution >= 0.6 is 23.4 Å². The lowest BCUT2D eigenvalue weighted by atomic mass is 9.95. The van der Waals surface area contributed by atoms with Gasteiger partial charge in [-0.05, 0) is 61.6 Å². The Kier molecular flexibility index (Phi) is 7.56. The third-order valence-electron chi connectivity index (χ3n) is 4.53. The molecule has 1 heterocycles. The van der Waals surface area contributed by atoms with E-state index in [2.05, 4.69) is 21.2 Å². The van der Waals surface area contributed by atoms with Crippen molar-refractivity contribution in [3.63, 3.8) is 0 Å². The van der Waals surface area contributed by atoms with Crippen molar-refractivity contribution in [3.05, 3.63) is 59.4 Å². The fourth-order valence-electron chi connectivity index (χ4n) is 3.11. The van der Waals surface area contributed by atoms with Crippen molar-refractivity contribution in [1.82, 2.24) is 21.2 Å². The van der Waals surface area contributed by atoms with Crippen LogP contribution in [0, 0.1) is 0 Å². The minimum Gasteiger partial charge on any atom is -0.334 e. The highest BCUT2D eigenvalue weighted by Crippen LogP contribution is 2.34. The van der Waals surface area contributed by atoms with Crippen molar-refractivity contribution in [2.45, 2.75) is 48.3 Å². The van der Waals surface area contributed by atoms with Gasteiger partial charge in [0.15, 0.2) is 0 Å². The number of pyridine rings is 1. The van der Waals surface area contributed by atoms with E-state index in [9.17, 15) is 9.59 Å². The van der Waals surface area contributed by atoms with E-state index in [1.54, 1.807) is 18.5 Å². The summed E-state index contributed by atoms with van der Waals surface area (Å²) >= 11 is 7.78. The first-order valence-corrected chi connectivity index (χ1v) is 10.5. The monoisotopic (exact) mass is 418 g/mol. The minimum atomic E-state index is -0.381. The molecule has 0 saturated heterocycles. The molecule has 0 aliphatic heterocycles. The van der Waals surface area contributed by atoms with Gasteiger partial charge in [0.05, 0.1) is 6.42 Å². The number of urea groups is 1. The van der Waals surface area contributed by atoms with Crippen LogP contribution in [0.2, 0.25) is 5.02 Å². The largest absolute Gasteiger partial charge is 0.334 e. The van der Waals surface area contributed by atoms with Gasteiger partial charge in [-0.25, -0.2) is 10.2 Å². The van der Waals surface area contributed by atoms with Gasteiger partial charge in [-0.1, -0.05) is 17.7 Å². The highest BCUT2D eigenvalue weighted by Gasteiger charge is 2.23. The van der Waals surface area contributed by atoms with Gasteiger partial charge in [-0.15, -0.1) is 11.8 Å². The quantitative estimate of drug-likeness (QED) is 0.646. The van der Waals surface area contributed by atoms with Crippen LogP contribution in [0.3, 0.4) is 0 Å². The Morgan fingerprint density at radius 3 is 2.50 bits per heavy atom. The molecule has 3 amide bonds. The molecule has 0 unspecified atom stereocenters. The maximum Gasteiger partial charge on any atom is 0.333 e. The van der Waals surface area contributed by atoms with E-state index < -0.39 is 0 Å². The van der Waals surface area contributed by atoms with Crippen LogP contribution < -0.4 is 16.2 Å². The number of nitrogens with one attached hydrogen (secondary N) is 3. The molecule has 0 radical (unpaired) electrons. The number of nitrogens with zero attached hydrogens (tertiary/aromatic N) is 1. The molecule has 0 bridgehead atoms. The number of hydrogen-bond acceptors (Lipinski definition) is 4. The Bertz CT molecular complexity index is 781. The molecule has 3 N–H and O–H groups in total. The van der Waals surface area contributed by atoms with Gasteiger partial charge in [0.2, 0.25) is 5.91 Å². The Morgan fingerprint density at radius 2 is 1.82 bits per heavy atom. The second-order valence-electron chi connectivity index (χ2n) is 6.73. The number of amides is 3. The number of hydrazine groups is 1. The van der Waals surface area contributed by atoms with Gasteiger partial charge in [0, 0.05) is 33.6 Å². The number of carbonyl (C=O) groups excluding carboxylic acids is 2. The number of halogens is 1. The van der Waals surface area contributed by atoms with Crippen LogP contribution in [0.15, 0.2) is 53.7 Å². The molecular formula is C20H23ClN4O2S. The first-order valence-electron chi connectivity index (χ1n) is 9.25. The third-order valence-corrected chi connectivity index (χ3v) is 6.13. The van der Waals surface area contributed by atoms with E-state index in [1.807, 2.05) is 42.1 Å². The molecule has 3 rings (SSSR count). The van der Waals surface area contributed by atoms with Crippen LogP contribution in [0.1, 0.15) is 31.2 Å². The third kappa shape index (κ3) is 6.73. The maximum absolute atomic E-state index is 12.0. The van der Waals surface area contributed by atoms with Gasteiger partial charge in [-0.2, -0.15) is 0 Å². The molecule has 0 spiro atoms. The van der Waals surface area contributed by atoms with E-state index in [1.165, 1.54) is 4.90 Å². The summed E-state index contributed by atoms with van der Waals surface area (Å²) in [5.74, 6) is -0.286.